The van der Waals surface area contributed by atoms with Gasteiger partial charge in [-0.15, -0.1) is 0 Å². The molecule has 2 aliphatic rings. The number of hydrogen-bond acceptors (Lipinski definition) is 3. The lowest BCUT2D eigenvalue weighted by molar-refractivity contribution is 0.226. The molecule has 1 fully saturated rings. The van der Waals surface area contributed by atoms with E-state index in [0.717, 1.165) is 46.4 Å². The van der Waals surface area contributed by atoms with Crippen molar-refractivity contribution < 1.29 is 4.39 Å². The molecule has 6 rings (SSSR count). The number of halogens is 1. The van der Waals surface area contributed by atoms with Crippen LogP contribution in [-0.4, -0.2) is 24.6 Å². The average molecular weight is 361 g/mol. The number of aromatic amines is 1. The molecule has 0 spiro atoms. The molecule has 1 N–H and O–H groups in total. The highest BCUT2D eigenvalue weighted by Crippen LogP contribution is 2.66. The van der Waals surface area contributed by atoms with E-state index in [2.05, 4.69) is 25.8 Å². The minimum Gasteiger partial charge on any atom is -0.360 e. The standard InChI is InChI=1S/C21H20FN5/c1-20(2)14-6-7-21(20,3)18-17(14)25-19-24-16(10-27(19)26-18)13-9-23-15-5-4-11(22)8-12(13)15/h4-5,8-10,14,23H,6-7H2,1-3H3. The van der Waals surface area contributed by atoms with Crippen molar-refractivity contribution in [3.05, 3.63) is 47.8 Å². The molecule has 4 aromatic rings. The molecule has 5 nitrogen and oxygen atoms in total. The van der Waals surface area contributed by atoms with E-state index in [1.54, 1.807) is 10.6 Å². The van der Waals surface area contributed by atoms with Gasteiger partial charge in [-0.3, -0.25) is 0 Å². The van der Waals surface area contributed by atoms with Gasteiger partial charge in [0.1, 0.15) is 5.82 Å². The molecule has 3 aromatic heterocycles. The maximum absolute atomic E-state index is 13.7. The Balaban J connectivity index is 1.56. The second-order valence-corrected chi connectivity index (χ2v) is 8.75. The van der Waals surface area contributed by atoms with Crippen molar-refractivity contribution in [1.29, 1.82) is 0 Å². The van der Waals surface area contributed by atoms with Crippen LogP contribution in [0, 0.1) is 11.2 Å². The topological polar surface area (TPSA) is 58.9 Å². The summed E-state index contributed by atoms with van der Waals surface area (Å²) >= 11 is 0. The van der Waals surface area contributed by atoms with Crippen LogP contribution in [-0.2, 0) is 5.41 Å². The fraction of sp³-hybridized carbons (Fsp3) is 0.381. The molecule has 0 radical (unpaired) electrons. The second-order valence-electron chi connectivity index (χ2n) is 8.75. The van der Waals surface area contributed by atoms with Gasteiger partial charge in [-0.1, -0.05) is 20.8 Å². The third kappa shape index (κ3) is 1.71. The smallest absolute Gasteiger partial charge is 0.251 e. The van der Waals surface area contributed by atoms with E-state index in [1.165, 1.54) is 12.1 Å². The highest BCUT2D eigenvalue weighted by atomic mass is 19.1. The molecule has 27 heavy (non-hydrogen) atoms. The Bertz CT molecular complexity index is 1250. The van der Waals surface area contributed by atoms with E-state index in [0.29, 0.717) is 11.7 Å². The Morgan fingerprint density at radius 3 is 2.93 bits per heavy atom. The van der Waals surface area contributed by atoms with Crippen LogP contribution in [0.15, 0.2) is 30.6 Å². The number of imidazole rings is 1. The maximum Gasteiger partial charge on any atom is 0.251 e. The zero-order chi connectivity index (χ0) is 18.6. The third-order valence-electron chi connectivity index (χ3n) is 7.34. The van der Waals surface area contributed by atoms with E-state index in [4.69, 9.17) is 15.1 Å². The van der Waals surface area contributed by atoms with Crippen molar-refractivity contribution in [2.45, 2.75) is 44.9 Å². The number of benzene rings is 1. The van der Waals surface area contributed by atoms with Gasteiger partial charge in [-0.05, 0) is 36.5 Å². The number of H-pyrrole nitrogens is 1. The molecule has 2 bridgehead atoms. The average Bonchev–Trinajstić information content (AvgIpc) is 3.31. The first-order chi connectivity index (χ1) is 12.9. The quantitative estimate of drug-likeness (QED) is 0.540. The highest BCUT2D eigenvalue weighted by molar-refractivity contribution is 5.94. The van der Waals surface area contributed by atoms with Crippen LogP contribution in [0.25, 0.3) is 27.9 Å². The maximum atomic E-state index is 13.7. The molecule has 1 saturated carbocycles. The number of fused-ring (bicyclic) bond motifs is 7. The van der Waals surface area contributed by atoms with Gasteiger partial charge in [0.25, 0.3) is 5.78 Å². The molecule has 0 aliphatic heterocycles. The zero-order valence-corrected chi connectivity index (χ0v) is 15.5. The minimum absolute atomic E-state index is 0.0581. The fourth-order valence-electron chi connectivity index (χ4n) is 5.30. The number of aromatic nitrogens is 5. The van der Waals surface area contributed by atoms with Crippen molar-refractivity contribution >= 4 is 16.7 Å². The summed E-state index contributed by atoms with van der Waals surface area (Å²) in [7, 11) is 0. The fourth-order valence-corrected chi connectivity index (χ4v) is 5.30. The molecule has 3 heterocycles. The summed E-state index contributed by atoms with van der Waals surface area (Å²) in [5.74, 6) is 0.799. The molecule has 6 heteroatoms. The van der Waals surface area contributed by atoms with Crippen LogP contribution >= 0.6 is 0 Å². The van der Waals surface area contributed by atoms with Crippen LogP contribution in [0.3, 0.4) is 0 Å². The Kier molecular flexibility index (Phi) is 2.58. The predicted octanol–water partition coefficient (Wildman–Crippen LogP) is 4.59. The van der Waals surface area contributed by atoms with Gasteiger partial charge in [-0.25, -0.2) is 18.9 Å². The van der Waals surface area contributed by atoms with Gasteiger partial charge in [0, 0.05) is 34.0 Å². The first-order valence-electron chi connectivity index (χ1n) is 9.43. The van der Waals surface area contributed by atoms with Gasteiger partial charge in [0.2, 0.25) is 0 Å². The van der Waals surface area contributed by atoms with Crippen molar-refractivity contribution in [2.75, 3.05) is 0 Å². The summed E-state index contributed by atoms with van der Waals surface area (Å²) in [5, 5.41) is 5.76. The van der Waals surface area contributed by atoms with Crippen molar-refractivity contribution in [2.24, 2.45) is 5.41 Å². The van der Waals surface area contributed by atoms with Gasteiger partial charge >= 0.3 is 0 Å². The Hall–Kier alpha value is -2.76. The molecule has 136 valence electrons. The van der Waals surface area contributed by atoms with Gasteiger partial charge in [0.15, 0.2) is 0 Å². The molecule has 2 aliphatic carbocycles. The van der Waals surface area contributed by atoms with Gasteiger partial charge < -0.3 is 4.98 Å². The second kappa shape index (κ2) is 4.55. The predicted molar refractivity (Wildman–Crippen MR) is 101 cm³/mol. The lowest BCUT2D eigenvalue weighted by Crippen LogP contribution is -2.32. The normalized spacial score (nSPS) is 25.6. The van der Waals surface area contributed by atoms with Crippen molar-refractivity contribution in [3.63, 3.8) is 0 Å². The van der Waals surface area contributed by atoms with Crippen LogP contribution in [0.2, 0.25) is 0 Å². The molecular formula is C21H20FN5. The number of nitrogens with one attached hydrogen (secondary N) is 1. The number of rotatable bonds is 1. The van der Waals surface area contributed by atoms with E-state index in [1.807, 2.05) is 12.4 Å². The van der Waals surface area contributed by atoms with E-state index in [9.17, 15) is 4.39 Å². The summed E-state index contributed by atoms with van der Waals surface area (Å²) in [6.07, 6.45) is 6.09. The number of nitrogens with zero attached hydrogens (tertiary/aromatic N) is 4. The van der Waals surface area contributed by atoms with Crippen LogP contribution < -0.4 is 0 Å². The largest absolute Gasteiger partial charge is 0.360 e. The van der Waals surface area contributed by atoms with E-state index >= 15 is 0 Å². The molecule has 2 atom stereocenters. The van der Waals surface area contributed by atoms with Crippen molar-refractivity contribution in [1.82, 2.24) is 24.6 Å². The molecule has 2 unspecified atom stereocenters. The summed E-state index contributed by atoms with van der Waals surface area (Å²) < 4.78 is 15.5. The Morgan fingerprint density at radius 1 is 1.22 bits per heavy atom. The van der Waals surface area contributed by atoms with Gasteiger partial charge in [-0.2, -0.15) is 5.10 Å². The monoisotopic (exact) mass is 361 g/mol. The Morgan fingerprint density at radius 2 is 2.07 bits per heavy atom. The van der Waals surface area contributed by atoms with Gasteiger partial charge in [0.05, 0.1) is 23.3 Å². The SMILES string of the molecule is CC12CCC(c3nc4nc(-c5c[nH]c6ccc(F)cc56)cn4nc31)C2(C)C. The zero-order valence-electron chi connectivity index (χ0n) is 15.5. The summed E-state index contributed by atoms with van der Waals surface area (Å²) in [4.78, 5) is 12.8. The highest BCUT2D eigenvalue weighted by Gasteiger charge is 2.61. The minimum atomic E-state index is -0.255. The van der Waals surface area contributed by atoms with Crippen LogP contribution in [0.5, 0.6) is 0 Å². The first-order valence-corrected chi connectivity index (χ1v) is 9.43. The Labute approximate surface area is 155 Å². The lowest BCUT2D eigenvalue weighted by Gasteiger charge is -2.33. The molecule has 0 saturated heterocycles. The van der Waals surface area contributed by atoms with Crippen LogP contribution in [0.4, 0.5) is 4.39 Å². The first kappa shape index (κ1) is 15.3. The third-order valence-corrected chi connectivity index (χ3v) is 7.34. The summed E-state index contributed by atoms with van der Waals surface area (Å²) in [5.41, 5.74) is 4.97. The van der Waals surface area contributed by atoms with Crippen molar-refractivity contribution in [3.8, 4) is 11.3 Å². The molecular weight excluding hydrogens is 341 g/mol. The molecule has 0 amide bonds. The number of hydrogen-bond donors (Lipinski definition) is 1. The van der Waals surface area contributed by atoms with E-state index in [-0.39, 0.29) is 16.6 Å². The molecule has 1 aromatic carbocycles. The summed E-state index contributed by atoms with van der Waals surface area (Å²) in [6.45, 7) is 6.99. The summed E-state index contributed by atoms with van der Waals surface area (Å²) in [6, 6.07) is 4.74. The lowest BCUT2D eigenvalue weighted by atomic mass is 9.70. The van der Waals surface area contributed by atoms with E-state index < -0.39 is 0 Å². The van der Waals surface area contributed by atoms with Crippen LogP contribution in [0.1, 0.15) is 50.9 Å².